The number of amides is 1. The van der Waals surface area contributed by atoms with E-state index in [1.54, 1.807) is 10.7 Å². The topological polar surface area (TPSA) is 76.7 Å². The van der Waals surface area contributed by atoms with Gasteiger partial charge in [-0.05, 0) is 45.0 Å². The number of likely N-dealkylation sites (tertiary alicyclic amines) is 1. The molecule has 8 nitrogen and oxygen atoms in total. The van der Waals surface area contributed by atoms with Crippen LogP contribution >= 0.6 is 0 Å². The van der Waals surface area contributed by atoms with E-state index in [2.05, 4.69) is 27.5 Å². The van der Waals surface area contributed by atoms with Crippen molar-refractivity contribution < 1.29 is 9.53 Å². The van der Waals surface area contributed by atoms with Crippen LogP contribution in [0.5, 0.6) is 5.75 Å². The molecule has 2 fully saturated rings. The fourth-order valence-electron chi connectivity index (χ4n) is 3.60. The van der Waals surface area contributed by atoms with Crippen molar-refractivity contribution >= 4 is 17.2 Å². The molecular formula is C20H24N6O2. The Morgan fingerprint density at radius 3 is 2.86 bits per heavy atom. The number of nitrogens with zero attached hydrogens (tertiary/aromatic N) is 5. The highest BCUT2D eigenvalue weighted by molar-refractivity contribution is 5.93. The molecule has 1 amide bonds. The fourth-order valence-corrected chi connectivity index (χ4v) is 3.60. The van der Waals surface area contributed by atoms with Gasteiger partial charge in [0.25, 0.3) is 0 Å². The molecule has 1 atom stereocenters. The fraction of sp³-hybridized carbons (Fsp3) is 0.450. The van der Waals surface area contributed by atoms with Crippen molar-refractivity contribution in [2.45, 2.75) is 25.3 Å². The van der Waals surface area contributed by atoms with E-state index in [-0.39, 0.29) is 11.8 Å². The summed E-state index contributed by atoms with van der Waals surface area (Å²) >= 11 is 0. The average molecular weight is 380 g/mol. The Bertz CT molecular complexity index is 1030. The summed E-state index contributed by atoms with van der Waals surface area (Å²) in [4.78, 5) is 14.3. The molecule has 0 bridgehead atoms. The summed E-state index contributed by atoms with van der Waals surface area (Å²) < 4.78 is 9.69. The van der Waals surface area contributed by atoms with Crippen molar-refractivity contribution in [1.29, 1.82) is 0 Å². The number of carbonyl (C=O) groups is 1. The third-order valence-electron chi connectivity index (χ3n) is 5.71. The lowest BCUT2D eigenvalue weighted by atomic mass is 10.1. The summed E-state index contributed by atoms with van der Waals surface area (Å²) in [5, 5.41) is 11.7. The number of aryl methyl sites for hydroxylation is 1. The van der Waals surface area contributed by atoms with Crippen LogP contribution < -0.4 is 10.1 Å². The first-order valence-corrected chi connectivity index (χ1v) is 9.74. The van der Waals surface area contributed by atoms with Gasteiger partial charge < -0.3 is 10.1 Å². The van der Waals surface area contributed by atoms with Crippen LogP contribution in [0.2, 0.25) is 0 Å². The van der Waals surface area contributed by atoms with Gasteiger partial charge in [-0.15, -0.1) is 0 Å². The smallest absolute Gasteiger partial charge is 0.228 e. The average Bonchev–Trinajstić information content (AvgIpc) is 3.36. The largest absolute Gasteiger partial charge is 0.488 e. The van der Waals surface area contributed by atoms with E-state index in [1.165, 1.54) is 6.42 Å². The molecule has 5 rings (SSSR count). The summed E-state index contributed by atoms with van der Waals surface area (Å²) in [5.74, 6) is 1.59. The number of rotatable bonds is 6. The van der Waals surface area contributed by atoms with E-state index >= 15 is 0 Å². The highest BCUT2D eigenvalue weighted by Crippen LogP contribution is 2.32. The van der Waals surface area contributed by atoms with Crippen LogP contribution in [0, 0.1) is 5.92 Å². The van der Waals surface area contributed by atoms with Gasteiger partial charge in [-0.2, -0.15) is 10.2 Å². The Hall–Kier alpha value is -2.87. The number of ether oxygens (including phenoxy) is 1. The maximum Gasteiger partial charge on any atom is 0.228 e. The molecule has 2 aliphatic rings. The number of carbonyl (C=O) groups excluding carboxylic acids is 1. The van der Waals surface area contributed by atoms with E-state index < -0.39 is 0 Å². The van der Waals surface area contributed by atoms with Crippen LogP contribution in [0.3, 0.4) is 0 Å². The predicted octanol–water partition coefficient (Wildman–Crippen LogP) is 2.17. The third kappa shape index (κ3) is 3.13. The molecule has 28 heavy (non-hydrogen) atoms. The summed E-state index contributed by atoms with van der Waals surface area (Å²) in [6.45, 7) is 1.80. The molecule has 1 saturated carbocycles. The highest BCUT2D eigenvalue weighted by Gasteiger charge is 2.30. The van der Waals surface area contributed by atoms with E-state index in [0.29, 0.717) is 18.5 Å². The molecule has 1 N–H and O–H groups in total. The number of fused-ring (bicyclic) bond motifs is 1. The molecule has 3 aromatic heterocycles. The van der Waals surface area contributed by atoms with Crippen LogP contribution in [-0.4, -0.2) is 56.4 Å². The van der Waals surface area contributed by atoms with Gasteiger partial charge in [0.15, 0.2) is 11.6 Å². The zero-order chi connectivity index (χ0) is 19.3. The maximum absolute atomic E-state index is 12.0. The minimum Gasteiger partial charge on any atom is -0.488 e. The zero-order valence-electron chi connectivity index (χ0n) is 16.1. The van der Waals surface area contributed by atoms with Crippen LogP contribution in [0.4, 0.5) is 5.82 Å². The number of nitrogens with one attached hydrogen (secondary N) is 1. The molecule has 0 radical (unpaired) electrons. The number of hydrogen-bond donors (Lipinski definition) is 1. The van der Waals surface area contributed by atoms with Crippen molar-refractivity contribution in [3.63, 3.8) is 0 Å². The lowest BCUT2D eigenvalue weighted by Crippen LogP contribution is -2.48. The molecule has 0 aromatic carbocycles. The molecular weight excluding hydrogens is 356 g/mol. The number of pyridine rings is 1. The quantitative estimate of drug-likeness (QED) is 0.709. The first-order valence-electron chi connectivity index (χ1n) is 9.74. The minimum absolute atomic E-state index is 0.0620. The second kappa shape index (κ2) is 6.63. The zero-order valence-corrected chi connectivity index (χ0v) is 16.1. The SMILES string of the molecule is CN1CC[C@H]1COc1cnn(C)c1-c1ccn2nc(NC(=O)C3CC3)cc2c1. The molecule has 1 aliphatic carbocycles. The summed E-state index contributed by atoms with van der Waals surface area (Å²) in [6, 6.07) is 6.40. The number of aromatic nitrogens is 4. The Balaban J connectivity index is 1.39. The molecule has 0 unspecified atom stereocenters. The van der Waals surface area contributed by atoms with Crippen molar-refractivity contribution in [3.05, 3.63) is 30.6 Å². The van der Waals surface area contributed by atoms with Crippen molar-refractivity contribution in [2.24, 2.45) is 13.0 Å². The first kappa shape index (κ1) is 17.2. The van der Waals surface area contributed by atoms with Gasteiger partial charge in [-0.25, -0.2) is 4.52 Å². The monoisotopic (exact) mass is 380 g/mol. The molecule has 3 aromatic rings. The maximum atomic E-state index is 12.0. The van der Waals surface area contributed by atoms with E-state index in [1.807, 2.05) is 36.1 Å². The molecule has 146 valence electrons. The molecule has 1 saturated heterocycles. The van der Waals surface area contributed by atoms with Crippen molar-refractivity contribution in [2.75, 3.05) is 25.5 Å². The Morgan fingerprint density at radius 2 is 2.14 bits per heavy atom. The standard InChI is InChI=1S/C20H24N6O2/c1-24-7-6-15(24)12-28-17-11-21-25(2)19(17)14-5-8-26-16(9-14)10-18(23-26)22-20(27)13-3-4-13/h5,8-11,13,15H,3-4,6-7,12H2,1-2H3,(H,22,23,27)/t15-/m0/s1. The third-order valence-corrected chi connectivity index (χ3v) is 5.71. The highest BCUT2D eigenvalue weighted by atomic mass is 16.5. The predicted molar refractivity (Wildman–Crippen MR) is 105 cm³/mol. The van der Waals surface area contributed by atoms with Gasteiger partial charge in [0.05, 0.1) is 11.7 Å². The van der Waals surface area contributed by atoms with Gasteiger partial charge in [0, 0.05) is 36.8 Å². The molecule has 0 spiro atoms. The lowest BCUT2D eigenvalue weighted by molar-refractivity contribution is -0.117. The van der Waals surface area contributed by atoms with Gasteiger partial charge in [-0.1, -0.05) is 0 Å². The number of likely N-dealkylation sites (N-methyl/N-ethyl adjacent to an activating group) is 1. The van der Waals surface area contributed by atoms with E-state index in [4.69, 9.17) is 4.74 Å². The second-order valence-electron chi connectivity index (χ2n) is 7.79. The van der Waals surface area contributed by atoms with Gasteiger partial charge in [0.1, 0.15) is 12.3 Å². The van der Waals surface area contributed by atoms with Crippen LogP contribution in [0.1, 0.15) is 19.3 Å². The van der Waals surface area contributed by atoms with Crippen molar-refractivity contribution in [3.8, 4) is 17.0 Å². The Labute approximate surface area is 163 Å². The van der Waals surface area contributed by atoms with Crippen molar-refractivity contribution in [1.82, 2.24) is 24.3 Å². The summed E-state index contributed by atoms with van der Waals surface area (Å²) in [6.07, 6.45) is 6.79. The van der Waals surface area contributed by atoms with Gasteiger partial charge in [0.2, 0.25) is 5.91 Å². The molecule has 1 aliphatic heterocycles. The van der Waals surface area contributed by atoms with Crippen LogP contribution in [0.25, 0.3) is 16.8 Å². The lowest BCUT2D eigenvalue weighted by Gasteiger charge is -2.37. The summed E-state index contributed by atoms with van der Waals surface area (Å²) in [7, 11) is 4.04. The van der Waals surface area contributed by atoms with Gasteiger partial charge >= 0.3 is 0 Å². The number of anilines is 1. The Morgan fingerprint density at radius 1 is 1.29 bits per heavy atom. The first-order chi connectivity index (χ1) is 13.6. The molecule has 4 heterocycles. The van der Waals surface area contributed by atoms with E-state index in [9.17, 15) is 4.79 Å². The molecule has 8 heteroatoms. The van der Waals surface area contributed by atoms with Gasteiger partial charge in [-0.3, -0.25) is 14.4 Å². The second-order valence-corrected chi connectivity index (χ2v) is 7.79. The van der Waals surface area contributed by atoms with Crippen LogP contribution in [-0.2, 0) is 11.8 Å². The van der Waals surface area contributed by atoms with Crippen LogP contribution in [0.15, 0.2) is 30.6 Å². The normalized spacial score (nSPS) is 19.6. The summed E-state index contributed by atoms with van der Waals surface area (Å²) in [5.41, 5.74) is 2.85. The number of hydrogen-bond acceptors (Lipinski definition) is 5. The minimum atomic E-state index is 0.0620. The van der Waals surface area contributed by atoms with E-state index in [0.717, 1.165) is 41.9 Å². The Kier molecular flexibility index (Phi) is 4.08.